The van der Waals surface area contributed by atoms with Gasteiger partial charge >= 0.3 is 0 Å². The van der Waals surface area contributed by atoms with Gasteiger partial charge in [0.2, 0.25) is 6.29 Å². The van der Waals surface area contributed by atoms with Gasteiger partial charge in [0.1, 0.15) is 24.4 Å². The van der Waals surface area contributed by atoms with Crippen LogP contribution in [0.4, 0.5) is 5.69 Å². The Morgan fingerprint density at radius 2 is 1.65 bits per heavy atom. The molecule has 0 radical (unpaired) electrons. The van der Waals surface area contributed by atoms with E-state index in [-0.39, 0.29) is 15.8 Å². The molecule has 1 aliphatic rings. The van der Waals surface area contributed by atoms with E-state index in [1.807, 2.05) is 14.1 Å². The maximum absolute atomic E-state index is 9.97. The molecular formula is C14H19Cl2NO6. The Hall–Kier alpha value is -0.800. The Morgan fingerprint density at radius 3 is 2.13 bits per heavy atom. The number of anilines is 1. The van der Waals surface area contributed by atoms with Gasteiger partial charge in [0.15, 0.2) is 5.75 Å². The zero-order valence-corrected chi connectivity index (χ0v) is 14.1. The molecule has 2 rings (SSSR count). The minimum absolute atomic E-state index is 0.0725. The average Bonchev–Trinajstić information content (AvgIpc) is 2.50. The van der Waals surface area contributed by atoms with Crippen LogP contribution >= 0.6 is 23.2 Å². The lowest BCUT2D eigenvalue weighted by atomic mass is 9.99. The smallest absolute Gasteiger partial charge is 0.229 e. The maximum Gasteiger partial charge on any atom is 0.229 e. The number of rotatable bonds is 4. The topological polar surface area (TPSA) is 103 Å². The summed E-state index contributed by atoms with van der Waals surface area (Å²) in [5.74, 6) is 0.0725. The molecule has 1 saturated heterocycles. The third-order valence-corrected chi connectivity index (χ3v) is 4.14. The summed E-state index contributed by atoms with van der Waals surface area (Å²) in [6.45, 7) is -0.550. The lowest BCUT2D eigenvalue weighted by molar-refractivity contribution is -0.277. The molecular weight excluding hydrogens is 349 g/mol. The fourth-order valence-corrected chi connectivity index (χ4v) is 2.76. The first-order valence-corrected chi connectivity index (χ1v) is 7.65. The van der Waals surface area contributed by atoms with Crippen molar-refractivity contribution < 1.29 is 29.9 Å². The van der Waals surface area contributed by atoms with Crippen molar-refractivity contribution in [1.29, 1.82) is 0 Å². The Bertz CT molecular complexity index is 533. The molecule has 1 aromatic carbocycles. The number of hydrogen-bond donors (Lipinski definition) is 4. The van der Waals surface area contributed by atoms with Crippen LogP contribution in [0.3, 0.4) is 0 Å². The number of hydrogen-bond acceptors (Lipinski definition) is 7. The lowest BCUT2D eigenvalue weighted by Crippen LogP contribution is -2.60. The quantitative estimate of drug-likeness (QED) is 0.604. The van der Waals surface area contributed by atoms with E-state index in [4.69, 9.17) is 37.8 Å². The van der Waals surface area contributed by atoms with E-state index >= 15 is 0 Å². The summed E-state index contributed by atoms with van der Waals surface area (Å²) < 4.78 is 10.7. The molecule has 5 atom stereocenters. The van der Waals surface area contributed by atoms with Crippen LogP contribution in [0.2, 0.25) is 10.0 Å². The third kappa shape index (κ3) is 3.83. The fraction of sp³-hybridized carbons (Fsp3) is 0.571. The third-order valence-electron chi connectivity index (χ3n) is 3.58. The summed E-state index contributed by atoms with van der Waals surface area (Å²) >= 11 is 12.3. The highest BCUT2D eigenvalue weighted by Gasteiger charge is 2.45. The molecule has 1 fully saturated rings. The Kier molecular flexibility index (Phi) is 5.96. The van der Waals surface area contributed by atoms with E-state index in [0.29, 0.717) is 0 Å². The first kappa shape index (κ1) is 18.5. The van der Waals surface area contributed by atoms with Gasteiger partial charge in [-0.3, -0.25) is 0 Å². The van der Waals surface area contributed by atoms with Crippen molar-refractivity contribution in [2.45, 2.75) is 30.7 Å². The number of nitrogens with zero attached hydrogens (tertiary/aromatic N) is 1. The number of ether oxygens (including phenoxy) is 2. The molecule has 7 nitrogen and oxygen atoms in total. The number of aliphatic hydroxyl groups is 4. The van der Waals surface area contributed by atoms with Crippen molar-refractivity contribution in [3.63, 3.8) is 0 Å². The summed E-state index contributed by atoms with van der Waals surface area (Å²) in [7, 11) is 3.64. The van der Waals surface area contributed by atoms with Crippen molar-refractivity contribution in [3.8, 4) is 5.75 Å². The second kappa shape index (κ2) is 7.40. The Labute approximate surface area is 143 Å². The van der Waals surface area contributed by atoms with Crippen molar-refractivity contribution >= 4 is 28.9 Å². The van der Waals surface area contributed by atoms with Gasteiger partial charge in [-0.25, -0.2) is 0 Å². The summed E-state index contributed by atoms with van der Waals surface area (Å²) in [6, 6.07) is 3.24. The molecule has 1 aromatic rings. The Morgan fingerprint density at radius 1 is 1.09 bits per heavy atom. The van der Waals surface area contributed by atoms with E-state index in [1.54, 1.807) is 17.0 Å². The van der Waals surface area contributed by atoms with Gasteiger partial charge in [-0.1, -0.05) is 23.2 Å². The van der Waals surface area contributed by atoms with E-state index in [9.17, 15) is 15.3 Å². The number of halogens is 2. The molecule has 1 heterocycles. The highest BCUT2D eigenvalue weighted by Crippen LogP contribution is 2.38. The van der Waals surface area contributed by atoms with Crippen molar-refractivity contribution in [2.24, 2.45) is 0 Å². The second-order valence-corrected chi connectivity index (χ2v) is 6.26. The predicted octanol–water partition coefficient (Wildman–Crippen LogP) is 0.238. The van der Waals surface area contributed by atoms with Gasteiger partial charge in [-0.05, 0) is 12.1 Å². The molecule has 0 unspecified atom stereocenters. The maximum atomic E-state index is 9.97. The van der Waals surface area contributed by atoms with Crippen molar-refractivity contribution in [2.75, 3.05) is 25.6 Å². The van der Waals surface area contributed by atoms with Gasteiger partial charge in [-0.2, -0.15) is 0 Å². The van der Waals surface area contributed by atoms with Crippen LogP contribution in [-0.4, -0.2) is 71.8 Å². The molecule has 9 heteroatoms. The molecule has 0 aliphatic carbocycles. The first-order chi connectivity index (χ1) is 10.8. The van der Waals surface area contributed by atoms with Gasteiger partial charge in [-0.15, -0.1) is 0 Å². The second-order valence-electron chi connectivity index (χ2n) is 5.45. The molecule has 23 heavy (non-hydrogen) atoms. The zero-order chi connectivity index (χ0) is 17.3. The van der Waals surface area contributed by atoms with E-state index in [0.717, 1.165) is 5.69 Å². The van der Waals surface area contributed by atoms with Crippen LogP contribution in [0.1, 0.15) is 0 Å². The van der Waals surface area contributed by atoms with Crippen molar-refractivity contribution in [1.82, 2.24) is 0 Å². The van der Waals surface area contributed by atoms with Gasteiger partial charge in [0, 0.05) is 19.8 Å². The molecule has 0 aromatic heterocycles. The first-order valence-electron chi connectivity index (χ1n) is 6.89. The van der Waals surface area contributed by atoms with E-state index < -0.39 is 37.3 Å². The average molecular weight is 368 g/mol. The molecule has 130 valence electrons. The molecule has 0 spiro atoms. The summed E-state index contributed by atoms with van der Waals surface area (Å²) in [5, 5.41) is 39.0. The monoisotopic (exact) mass is 367 g/mol. The SMILES string of the molecule is CN(C)c1cc(Cl)c(O[C@@H]2O[C@H](CO)[C@H](O)[C@H](O)[C@H]2O)c(Cl)c1. The minimum Gasteiger partial charge on any atom is -0.459 e. The summed E-state index contributed by atoms with van der Waals surface area (Å²) in [5.41, 5.74) is 0.751. The van der Waals surface area contributed by atoms with E-state index in [1.165, 1.54) is 0 Å². The summed E-state index contributed by atoms with van der Waals surface area (Å²) in [4.78, 5) is 1.80. The van der Waals surface area contributed by atoms with Crippen molar-refractivity contribution in [3.05, 3.63) is 22.2 Å². The van der Waals surface area contributed by atoms with Gasteiger partial charge < -0.3 is 34.8 Å². The van der Waals surface area contributed by atoms with Gasteiger partial charge in [0.25, 0.3) is 0 Å². The Balaban J connectivity index is 2.24. The van der Waals surface area contributed by atoms with Crippen LogP contribution in [0, 0.1) is 0 Å². The highest BCUT2D eigenvalue weighted by molar-refractivity contribution is 6.37. The standard InChI is InChI=1S/C14H19Cl2NO6/c1-17(2)6-3-7(15)13(8(16)4-6)23-14-12(21)11(20)10(19)9(5-18)22-14/h3-4,9-12,14,18-21H,5H2,1-2H3/t9-,10+,11+,12-,14+/m1/s1. The van der Waals surface area contributed by atoms with Crippen LogP contribution in [0.25, 0.3) is 0 Å². The molecule has 0 bridgehead atoms. The molecule has 0 amide bonds. The van der Waals surface area contributed by atoms with Gasteiger partial charge in [0.05, 0.1) is 16.7 Å². The van der Waals surface area contributed by atoms with Crippen LogP contribution in [0.15, 0.2) is 12.1 Å². The predicted molar refractivity (Wildman–Crippen MR) is 85.2 cm³/mol. The molecule has 4 N–H and O–H groups in total. The normalized spacial score (nSPS) is 31.0. The van der Waals surface area contributed by atoms with E-state index in [2.05, 4.69) is 0 Å². The molecule has 0 saturated carbocycles. The minimum atomic E-state index is -1.54. The van der Waals surface area contributed by atoms with Crippen LogP contribution < -0.4 is 9.64 Å². The molecule has 1 aliphatic heterocycles. The fourth-order valence-electron chi connectivity index (χ4n) is 2.20. The van der Waals surface area contributed by atoms with Crippen LogP contribution in [-0.2, 0) is 4.74 Å². The van der Waals surface area contributed by atoms with Crippen LogP contribution in [0.5, 0.6) is 5.75 Å². The largest absolute Gasteiger partial charge is 0.459 e. The number of benzene rings is 1. The highest BCUT2D eigenvalue weighted by atomic mass is 35.5. The summed E-state index contributed by atoms with van der Waals surface area (Å²) in [6.07, 6.45) is -6.95. The lowest BCUT2D eigenvalue weighted by Gasteiger charge is -2.39. The zero-order valence-electron chi connectivity index (χ0n) is 12.6. The number of aliphatic hydroxyl groups excluding tert-OH is 4.